The van der Waals surface area contributed by atoms with Gasteiger partial charge in [0.2, 0.25) is 0 Å². The fourth-order valence-electron chi connectivity index (χ4n) is 12.8. The Morgan fingerprint density at radius 2 is 0.451 bits per heavy atom. The number of aliphatic hydroxyl groups excluding tert-OH is 1. The van der Waals surface area contributed by atoms with E-state index in [0.29, 0.717) is 25.7 Å². The fourth-order valence-corrected chi connectivity index (χ4v) is 14.4. The lowest BCUT2D eigenvalue weighted by atomic mass is 10.0. The summed E-state index contributed by atoms with van der Waals surface area (Å²) < 4.78 is 68.8. The third-order valence-corrected chi connectivity index (χ3v) is 21.3. The van der Waals surface area contributed by atoms with Crippen LogP contribution < -0.4 is 0 Å². The Labute approximate surface area is 626 Å². The Balaban J connectivity index is 5.27. The van der Waals surface area contributed by atoms with E-state index in [0.717, 1.165) is 108 Å². The highest BCUT2D eigenvalue weighted by Gasteiger charge is 2.30. The summed E-state index contributed by atoms with van der Waals surface area (Å²) in [5.41, 5.74) is 0. The molecule has 606 valence electrons. The molecular formula is C83H162O17P2. The smallest absolute Gasteiger partial charge is 0.462 e. The van der Waals surface area contributed by atoms with Crippen molar-refractivity contribution in [3.05, 3.63) is 0 Å². The minimum absolute atomic E-state index is 0.107. The van der Waals surface area contributed by atoms with E-state index in [9.17, 15) is 43.2 Å². The van der Waals surface area contributed by atoms with Crippen molar-refractivity contribution in [3.8, 4) is 0 Å². The number of rotatable bonds is 81. The van der Waals surface area contributed by atoms with Crippen molar-refractivity contribution in [1.29, 1.82) is 0 Å². The number of carbonyl (C=O) groups is 4. The highest BCUT2D eigenvalue weighted by atomic mass is 31.2. The first kappa shape index (κ1) is 100. The van der Waals surface area contributed by atoms with Gasteiger partial charge < -0.3 is 33.8 Å². The molecule has 0 saturated carbocycles. The molecule has 0 radical (unpaired) electrons. The summed E-state index contributed by atoms with van der Waals surface area (Å²) in [6, 6.07) is 0. The number of ether oxygens (including phenoxy) is 4. The Morgan fingerprint density at radius 3 is 0.667 bits per heavy atom. The van der Waals surface area contributed by atoms with Gasteiger partial charge in [-0.1, -0.05) is 382 Å². The Bertz CT molecular complexity index is 1970. The maximum absolute atomic E-state index is 13.1. The van der Waals surface area contributed by atoms with Gasteiger partial charge in [0.25, 0.3) is 0 Å². The van der Waals surface area contributed by atoms with Gasteiger partial charge in [-0.2, -0.15) is 0 Å². The third kappa shape index (κ3) is 76.3. The molecule has 0 aromatic carbocycles. The van der Waals surface area contributed by atoms with Crippen molar-refractivity contribution < 1.29 is 80.2 Å². The molecule has 102 heavy (non-hydrogen) atoms. The van der Waals surface area contributed by atoms with Crippen molar-refractivity contribution in [1.82, 2.24) is 0 Å². The van der Waals surface area contributed by atoms with Gasteiger partial charge in [-0.05, 0) is 43.4 Å². The summed E-state index contributed by atoms with van der Waals surface area (Å²) in [5.74, 6) is 0.265. The van der Waals surface area contributed by atoms with Crippen LogP contribution in [0.15, 0.2) is 0 Å². The number of hydrogen-bond acceptors (Lipinski definition) is 15. The second-order valence-corrected chi connectivity index (χ2v) is 34.2. The van der Waals surface area contributed by atoms with Crippen LogP contribution in [0.25, 0.3) is 0 Å². The number of carbonyl (C=O) groups excluding carboxylic acids is 4. The van der Waals surface area contributed by atoms with Crippen molar-refractivity contribution in [2.45, 2.75) is 452 Å². The zero-order valence-electron chi connectivity index (χ0n) is 67.1. The lowest BCUT2D eigenvalue weighted by Crippen LogP contribution is -2.30. The van der Waals surface area contributed by atoms with Crippen LogP contribution in [0.1, 0.15) is 434 Å². The molecule has 2 unspecified atom stereocenters. The van der Waals surface area contributed by atoms with Crippen LogP contribution in [-0.4, -0.2) is 96.7 Å². The minimum atomic E-state index is -4.96. The molecule has 17 nitrogen and oxygen atoms in total. The normalized spacial score (nSPS) is 13.9. The minimum Gasteiger partial charge on any atom is -0.462 e. The first-order chi connectivity index (χ1) is 49.2. The number of aliphatic hydroxyl groups is 1. The van der Waals surface area contributed by atoms with Crippen LogP contribution >= 0.6 is 15.6 Å². The van der Waals surface area contributed by atoms with Gasteiger partial charge in [0.15, 0.2) is 12.2 Å². The quantitative estimate of drug-likeness (QED) is 0.0222. The van der Waals surface area contributed by atoms with Gasteiger partial charge in [-0.3, -0.25) is 37.3 Å². The monoisotopic (exact) mass is 1490 g/mol. The average molecular weight is 1490 g/mol. The largest absolute Gasteiger partial charge is 0.472 e. The molecule has 0 spiro atoms. The molecule has 3 N–H and O–H groups in total. The maximum atomic E-state index is 13.1. The predicted molar refractivity (Wildman–Crippen MR) is 418 cm³/mol. The summed E-state index contributed by atoms with van der Waals surface area (Å²) in [5, 5.41) is 10.7. The number of unbranched alkanes of at least 4 members (excludes halogenated alkanes) is 49. The molecule has 0 aromatic rings. The van der Waals surface area contributed by atoms with E-state index in [1.54, 1.807) is 0 Å². The predicted octanol–water partition coefficient (Wildman–Crippen LogP) is 24.9. The molecule has 0 saturated heterocycles. The van der Waals surface area contributed by atoms with Crippen LogP contribution in [0.5, 0.6) is 0 Å². The van der Waals surface area contributed by atoms with Gasteiger partial charge in [0, 0.05) is 25.7 Å². The molecule has 0 heterocycles. The first-order valence-electron chi connectivity index (χ1n) is 42.8. The molecule has 0 aliphatic rings. The lowest BCUT2D eigenvalue weighted by Gasteiger charge is -2.21. The van der Waals surface area contributed by atoms with Crippen LogP contribution in [-0.2, 0) is 65.4 Å². The average Bonchev–Trinajstić information content (AvgIpc) is 0.912. The maximum Gasteiger partial charge on any atom is 0.472 e. The Kier molecular flexibility index (Phi) is 71.8. The molecule has 0 bridgehead atoms. The topological polar surface area (TPSA) is 237 Å². The zero-order chi connectivity index (χ0) is 75.1. The molecule has 0 amide bonds. The SMILES string of the molecule is CCCCCCCCCCCCCCCC(=O)OC[C@H](COP(=O)(O)OC[C@H](O)COP(=O)(O)OC[C@@H](COC(=O)CCCCCCCCCCCCCCCC(C)C)OC(=O)CCCCCCCCCCCCCCCCCC(C)C)OC(=O)CCCCCCCCCCCCCCC(C)C. The molecule has 5 atom stereocenters. The molecule has 19 heteroatoms. The summed E-state index contributed by atoms with van der Waals surface area (Å²) in [6.07, 6.45) is 62.3. The zero-order valence-corrected chi connectivity index (χ0v) is 68.9. The van der Waals surface area contributed by atoms with Gasteiger partial charge in [0.05, 0.1) is 26.4 Å². The summed E-state index contributed by atoms with van der Waals surface area (Å²) in [6.45, 7) is 12.0. The van der Waals surface area contributed by atoms with E-state index in [2.05, 4.69) is 48.5 Å². The van der Waals surface area contributed by atoms with E-state index in [1.807, 2.05) is 0 Å². The van der Waals surface area contributed by atoms with Crippen LogP contribution in [0, 0.1) is 17.8 Å². The molecule has 0 rings (SSSR count). The fraction of sp³-hybridized carbons (Fsp3) is 0.952. The Morgan fingerprint density at radius 1 is 0.265 bits per heavy atom. The van der Waals surface area contributed by atoms with Gasteiger partial charge >= 0.3 is 39.5 Å². The van der Waals surface area contributed by atoms with Crippen LogP contribution in [0.4, 0.5) is 0 Å². The van der Waals surface area contributed by atoms with E-state index in [-0.39, 0.29) is 25.7 Å². The van der Waals surface area contributed by atoms with E-state index < -0.39 is 97.5 Å². The van der Waals surface area contributed by atoms with Gasteiger partial charge in [-0.15, -0.1) is 0 Å². The highest BCUT2D eigenvalue weighted by molar-refractivity contribution is 7.47. The summed E-state index contributed by atoms with van der Waals surface area (Å²) in [7, 11) is -9.93. The highest BCUT2D eigenvalue weighted by Crippen LogP contribution is 2.45. The number of hydrogen-bond donors (Lipinski definition) is 3. The van der Waals surface area contributed by atoms with E-state index >= 15 is 0 Å². The third-order valence-electron chi connectivity index (χ3n) is 19.4. The van der Waals surface area contributed by atoms with Gasteiger partial charge in [-0.25, -0.2) is 9.13 Å². The summed E-state index contributed by atoms with van der Waals surface area (Å²) >= 11 is 0. The summed E-state index contributed by atoms with van der Waals surface area (Å²) in [4.78, 5) is 73.2. The van der Waals surface area contributed by atoms with Crippen molar-refractivity contribution in [3.63, 3.8) is 0 Å². The van der Waals surface area contributed by atoms with Crippen molar-refractivity contribution in [2.24, 2.45) is 17.8 Å². The second-order valence-electron chi connectivity index (χ2n) is 31.3. The van der Waals surface area contributed by atoms with Crippen LogP contribution in [0.3, 0.4) is 0 Å². The Hall–Kier alpha value is -1.94. The van der Waals surface area contributed by atoms with Gasteiger partial charge in [0.1, 0.15) is 19.3 Å². The first-order valence-corrected chi connectivity index (χ1v) is 45.8. The van der Waals surface area contributed by atoms with E-state index in [1.165, 1.54) is 244 Å². The number of esters is 4. The standard InChI is InChI=1S/C83H162O17P2/c1-8-9-10-11-12-13-14-19-29-36-43-50-57-64-80(85)93-70-79(100-83(88)67-60-53-46-39-32-25-24-28-35-42-49-56-63-76(6)7)73-98-102(91,92)96-69-77(84)68-95-101(89,90)97-72-78(71-94-81(86)65-58-51-44-37-30-23-18-21-27-34-41-48-55-62-75(4)5)99-82(87)66-59-52-45-38-31-22-17-15-16-20-26-33-40-47-54-61-74(2)3/h74-79,84H,8-73H2,1-7H3,(H,89,90)(H,91,92)/t77-,78-,79-/m1/s1. The second kappa shape index (κ2) is 73.2. The molecule has 0 aromatic heterocycles. The van der Waals surface area contributed by atoms with E-state index in [4.69, 9.17) is 37.0 Å². The van der Waals surface area contributed by atoms with Crippen LogP contribution in [0.2, 0.25) is 0 Å². The number of phosphoric acid groups is 2. The molecular weight excluding hydrogens is 1330 g/mol. The lowest BCUT2D eigenvalue weighted by molar-refractivity contribution is -0.161. The molecule has 0 aliphatic heterocycles. The van der Waals surface area contributed by atoms with Crippen molar-refractivity contribution >= 4 is 39.5 Å². The number of phosphoric ester groups is 2. The molecule has 0 fully saturated rings. The molecule has 0 aliphatic carbocycles. The van der Waals surface area contributed by atoms with Crippen molar-refractivity contribution in [2.75, 3.05) is 39.6 Å².